The van der Waals surface area contributed by atoms with E-state index in [0.29, 0.717) is 12.8 Å². The van der Waals surface area contributed by atoms with Gasteiger partial charge in [-0.3, -0.25) is 4.79 Å². The number of carbonyl (C=O) groups is 1. The van der Waals surface area contributed by atoms with Crippen molar-refractivity contribution in [2.45, 2.75) is 24.8 Å². The molecule has 0 saturated heterocycles. The molecule has 1 aromatic carbocycles. The van der Waals surface area contributed by atoms with Crippen LogP contribution < -0.4 is 5.73 Å². The van der Waals surface area contributed by atoms with Gasteiger partial charge >= 0.3 is 0 Å². The summed E-state index contributed by atoms with van der Waals surface area (Å²) in [4.78, 5) is 12.6. The zero-order chi connectivity index (χ0) is 14.9. The Labute approximate surface area is 119 Å². The van der Waals surface area contributed by atoms with Crippen molar-refractivity contribution >= 4 is 17.5 Å². The summed E-state index contributed by atoms with van der Waals surface area (Å²) in [7, 11) is 0. The molecule has 3 nitrogen and oxygen atoms in total. The Kier molecular flexibility index (Phi) is 4.25. The molecule has 110 valence electrons. The summed E-state index contributed by atoms with van der Waals surface area (Å²) in [6.45, 7) is -1.23. The molecule has 1 aromatic rings. The summed E-state index contributed by atoms with van der Waals surface area (Å²) < 4.78 is 42.1. The quantitative estimate of drug-likeness (QED) is 0.908. The van der Waals surface area contributed by atoms with Gasteiger partial charge in [0.25, 0.3) is 5.92 Å². The Balaban J connectivity index is 2.25. The Morgan fingerprint density at radius 2 is 2.10 bits per heavy atom. The first-order valence-electron chi connectivity index (χ1n) is 6.18. The Bertz CT molecular complexity index is 520. The van der Waals surface area contributed by atoms with Gasteiger partial charge in [0.2, 0.25) is 5.91 Å². The zero-order valence-corrected chi connectivity index (χ0v) is 11.3. The van der Waals surface area contributed by atoms with Gasteiger partial charge < -0.3 is 10.6 Å². The van der Waals surface area contributed by atoms with E-state index in [0.717, 1.165) is 11.0 Å². The van der Waals surface area contributed by atoms with E-state index >= 15 is 0 Å². The van der Waals surface area contributed by atoms with E-state index in [-0.39, 0.29) is 17.6 Å². The van der Waals surface area contributed by atoms with E-state index in [4.69, 9.17) is 17.3 Å². The molecule has 7 heteroatoms. The molecule has 20 heavy (non-hydrogen) atoms. The summed E-state index contributed by atoms with van der Waals surface area (Å²) in [5.74, 6) is -5.23. The van der Waals surface area contributed by atoms with E-state index in [1.807, 2.05) is 0 Å². The number of rotatable bonds is 5. The lowest BCUT2D eigenvalue weighted by Gasteiger charge is -2.27. The van der Waals surface area contributed by atoms with Gasteiger partial charge in [-0.25, -0.2) is 4.39 Å². The first kappa shape index (κ1) is 15.1. The average molecular weight is 307 g/mol. The fourth-order valence-corrected chi connectivity index (χ4v) is 2.18. The summed E-state index contributed by atoms with van der Waals surface area (Å²) in [5.41, 5.74) is 4.41. The summed E-state index contributed by atoms with van der Waals surface area (Å²) in [5, 5.41) is -0.370. The minimum absolute atomic E-state index is 0.223. The van der Waals surface area contributed by atoms with Gasteiger partial charge in [-0.1, -0.05) is 17.7 Å². The van der Waals surface area contributed by atoms with Crippen LogP contribution in [0.15, 0.2) is 18.2 Å². The summed E-state index contributed by atoms with van der Waals surface area (Å²) in [6.07, 6.45) is 1.33. The van der Waals surface area contributed by atoms with Crippen molar-refractivity contribution in [3.63, 3.8) is 0 Å². The first-order valence-corrected chi connectivity index (χ1v) is 6.56. The smallest absolute Gasteiger partial charge is 0.293 e. The average Bonchev–Trinajstić information content (AvgIpc) is 3.22. The van der Waals surface area contributed by atoms with Crippen LogP contribution in [0.2, 0.25) is 5.02 Å². The second kappa shape index (κ2) is 5.61. The molecule has 0 heterocycles. The molecule has 1 amide bonds. The number of nitrogens with two attached hydrogens (primary N) is 1. The number of alkyl halides is 2. The van der Waals surface area contributed by atoms with Crippen LogP contribution in [0.3, 0.4) is 0 Å². The van der Waals surface area contributed by atoms with E-state index in [1.165, 1.54) is 12.1 Å². The molecule has 2 N–H and O–H groups in total. The molecule has 1 fully saturated rings. The monoisotopic (exact) mass is 306 g/mol. The van der Waals surface area contributed by atoms with Crippen LogP contribution in [0.25, 0.3) is 0 Å². The first-order chi connectivity index (χ1) is 9.36. The van der Waals surface area contributed by atoms with Gasteiger partial charge in [0, 0.05) is 6.04 Å². The maximum atomic E-state index is 14.2. The highest BCUT2D eigenvalue weighted by Crippen LogP contribution is 2.36. The predicted molar refractivity (Wildman–Crippen MR) is 69.1 cm³/mol. The fourth-order valence-electron chi connectivity index (χ4n) is 2.01. The molecule has 1 aliphatic rings. The third-order valence-electron chi connectivity index (χ3n) is 3.20. The van der Waals surface area contributed by atoms with Crippen molar-refractivity contribution in [3.8, 4) is 0 Å². The lowest BCUT2D eigenvalue weighted by atomic mass is 10.1. The number of carbonyl (C=O) groups excluding carboxylic acids is 1. The molecule has 2 rings (SSSR count). The van der Waals surface area contributed by atoms with Gasteiger partial charge in [0.1, 0.15) is 0 Å². The van der Waals surface area contributed by atoms with E-state index < -0.39 is 29.8 Å². The number of hydrogen-bond donors (Lipinski definition) is 1. The van der Waals surface area contributed by atoms with Crippen molar-refractivity contribution in [3.05, 3.63) is 34.6 Å². The molecule has 0 atom stereocenters. The van der Waals surface area contributed by atoms with Gasteiger partial charge in [0.15, 0.2) is 5.82 Å². The topological polar surface area (TPSA) is 46.3 Å². The molecule has 1 aliphatic carbocycles. The second-order valence-corrected chi connectivity index (χ2v) is 5.17. The van der Waals surface area contributed by atoms with Gasteiger partial charge in [-0.05, 0) is 25.0 Å². The lowest BCUT2D eigenvalue weighted by molar-refractivity contribution is -0.136. The highest BCUT2D eigenvalue weighted by atomic mass is 35.5. The highest BCUT2D eigenvalue weighted by Gasteiger charge is 2.42. The number of hydrogen-bond acceptors (Lipinski definition) is 2. The van der Waals surface area contributed by atoms with Crippen LogP contribution in [-0.2, 0) is 10.7 Å². The lowest BCUT2D eigenvalue weighted by Crippen LogP contribution is -2.44. The normalized spacial score (nSPS) is 15.2. The van der Waals surface area contributed by atoms with Crippen LogP contribution in [0.5, 0.6) is 0 Å². The Hall–Kier alpha value is -1.27. The molecular weight excluding hydrogens is 293 g/mol. The Morgan fingerprint density at radius 1 is 1.45 bits per heavy atom. The molecule has 0 spiro atoms. The Morgan fingerprint density at radius 3 is 2.65 bits per heavy atom. The van der Waals surface area contributed by atoms with E-state index in [9.17, 15) is 18.0 Å². The third kappa shape index (κ3) is 3.07. The SMILES string of the molecule is NCC(=O)N(CC(F)(F)c1cccc(Cl)c1F)C1CC1. The second-order valence-electron chi connectivity index (χ2n) is 4.76. The van der Waals surface area contributed by atoms with Crippen LogP contribution in [0.1, 0.15) is 18.4 Å². The molecule has 1 saturated carbocycles. The van der Waals surface area contributed by atoms with Crippen molar-refractivity contribution < 1.29 is 18.0 Å². The third-order valence-corrected chi connectivity index (χ3v) is 3.49. The van der Waals surface area contributed by atoms with E-state index in [1.54, 1.807) is 0 Å². The van der Waals surface area contributed by atoms with Gasteiger partial charge in [0.05, 0.1) is 23.7 Å². The fraction of sp³-hybridized carbons (Fsp3) is 0.462. The van der Waals surface area contributed by atoms with Crippen LogP contribution >= 0.6 is 11.6 Å². The van der Waals surface area contributed by atoms with Crippen molar-refractivity contribution in [2.24, 2.45) is 5.73 Å². The van der Waals surface area contributed by atoms with Crippen LogP contribution in [0.4, 0.5) is 13.2 Å². The maximum Gasteiger partial charge on any atom is 0.293 e. The van der Waals surface area contributed by atoms with Crippen molar-refractivity contribution in [1.82, 2.24) is 4.90 Å². The molecule has 0 aromatic heterocycles. The van der Waals surface area contributed by atoms with Crippen molar-refractivity contribution in [2.75, 3.05) is 13.1 Å². The molecular formula is C13H14ClF3N2O. The summed E-state index contributed by atoms with van der Waals surface area (Å²) >= 11 is 5.51. The molecule has 0 unspecified atom stereocenters. The zero-order valence-electron chi connectivity index (χ0n) is 10.6. The predicted octanol–water partition coefficient (Wildman–Crippen LogP) is 2.52. The standard InChI is InChI=1S/C13H14ClF3N2O/c14-10-3-1-2-9(12(10)15)13(16,17)7-19(8-4-5-8)11(20)6-18/h1-3,8H,4-7,18H2. The number of halogens is 4. The highest BCUT2D eigenvalue weighted by molar-refractivity contribution is 6.30. The molecule has 0 radical (unpaired) electrons. The van der Waals surface area contributed by atoms with Crippen LogP contribution in [-0.4, -0.2) is 29.9 Å². The number of nitrogens with zero attached hydrogens (tertiary/aromatic N) is 1. The maximum absolute atomic E-state index is 14.2. The van der Waals surface area contributed by atoms with E-state index in [2.05, 4.69) is 0 Å². The molecule has 0 aliphatic heterocycles. The number of benzene rings is 1. The minimum atomic E-state index is -3.51. The minimum Gasteiger partial charge on any atom is -0.332 e. The molecule has 0 bridgehead atoms. The van der Waals surface area contributed by atoms with Crippen molar-refractivity contribution in [1.29, 1.82) is 0 Å². The largest absolute Gasteiger partial charge is 0.332 e. The van der Waals surface area contributed by atoms with Gasteiger partial charge in [-0.15, -0.1) is 0 Å². The van der Waals surface area contributed by atoms with Crippen LogP contribution in [0, 0.1) is 5.82 Å². The summed E-state index contributed by atoms with van der Waals surface area (Å²) in [6, 6.07) is 3.19. The number of amides is 1. The van der Waals surface area contributed by atoms with Gasteiger partial charge in [-0.2, -0.15) is 8.78 Å².